The number of nitrogens with zero attached hydrogens (tertiary/aromatic N) is 2. The first-order valence-electron chi connectivity index (χ1n) is 9.79. The van der Waals surface area contributed by atoms with Crippen LogP contribution in [0.5, 0.6) is 0 Å². The quantitative estimate of drug-likeness (QED) is 0.846. The smallest absolute Gasteiger partial charge is 0.309 e. The zero-order valence-corrected chi connectivity index (χ0v) is 15.9. The van der Waals surface area contributed by atoms with E-state index in [0.29, 0.717) is 31.8 Å². The molecule has 0 aliphatic carbocycles. The SMILES string of the molecule is Cc1ccc(-c2cc(C(=O)N3CCC([C@@H]4OCCC4C(=O)O)CC3)[nH]n2)cc1. The summed E-state index contributed by atoms with van der Waals surface area (Å²) in [5.41, 5.74) is 3.38. The van der Waals surface area contributed by atoms with Crippen molar-refractivity contribution in [1.82, 2.24) is 15.1 Å². The van der Waals surface area contributed by atoms with E-state index in [2.05, 4.69) is 10.2 Å². The van der Waals surface area contributed by atoms with Crippen LogP contribution in [-0.4, -0.2) is 57.9 Å². The van der Waals surface area contributed by atoms with Crippen molar-refractivity contribution < 1.29 is 19.4 Å². The summed E-state index contributed by atoms with van der Waals surface area (Å²) < 4.78 is 5.71. The molecule has 0 spiro atoms. The zero-order chi connectivity index (χ0) is 19.7. The molecule has 1 unspecified atom stereocenters. The summed E-state index contributed by atoms with van der Waals surface area (Å²) in [6, 6.07) is 9.81. The molecule has 28 heavy (non-hydrogen) atoms. The van der Waals surface area contributed by atoms with Crippen LogP contribution >= 0.6 is 0 Å². The van der Waals surface area contributed by atoms with Crippen LogP contribution in [0.15, 0.2) is 30.3 Å². The molecule has 2 aliphatic heterocycles. The Morgan fingerprint density at radius 1 is 1.18 bits per heavy atom. The van der Waals surface area contributed by atoms with Gasteiger partial charge in [-0.05, 0) is 38.2 Å². The van der Waals surface area contributed by atoms with Gasteiger partial charge in [-0.3, -0.25) is 14.7 Å². The second kappa shape index (κ2) is 7.75. The summed E-state index contributed by atoms with van der Waals surface area (Å²) in [5, 5.41) is 16.5. The van der Waals surface area contributed by atoms with Gasteiger partial charge in [-0.25, -0.2) is 0 Å². The first kappa shape index (κ1) is 18.7. The van der Waals surface area contributed by atoms with Crippen LogP contribution < -0.4 is 0 Å². The number of hydrogen-bond acceptors (Lipinski definition) is 4. The number of aromatic amines is 1. The van der Waals surface area contributed by atoms with Crippen LogP contribution in [0.4, 0.5) is 0 Å². The van der Waals surface area contributed by atoms with Gasteiger partial charge in [0.05, 0.1) is 17.7 Å². The van der Waals surface area contributed by atoms with Crippen molar-refractivity contribution in [3.63, 3.8) is 0 Å². The molecular formula is C21H25N3O4. The number of aryl methyl sites for hydroxylation is 1. The molecule has 2 saturated heterocycles. The van der Waals surface area contributed by atoms with E-state index in [-0.39, 0.29) is 17.9 Å². The number of hydrogen-bond donors (Lipinski definition) is 2. The van der Waals surface area contributed by atoms with Crippen molar-refractivity contribution in [2.45, 2.75) is 32.3 Å². The molecular weight excluding hydrogens is 358 g/mol. The van der Waals surface area contributed by atoms with Gasteiger partial charge < -0.3 is 14.7 Å². The lowest BCUT2D eigenvalue weighted by atomic mass is 9.84. The lowest BCUT2D eigenvalue weighted by molar-refractivity contribution is -0.145. The number of benzene rings is 1. The van der Waals surface area contributed by atoms with Gasteiger partial charge in [0.1, 0.15) is 5.69 Å². The molecule has 7 nitrogen and oxygen atoms in total. The first-order valence-corrected chi connectivity index (χ1v) is 9.79. The van der Waals surface area contributed by atoms with Crippen molar-refractivity contribution in [2.24, 2.45) is 11.8 Å². The molecule has 0 saturated carbocycles. The number of amides is 1. The Morgan fingerprint density at radius 2 is 1.89 bits per heavy atom. The number of H-pyrrole nitrogens is 1. The van der Waals surface area contributed by atoms with E-state index in [9.17, 15) is 14.7 Å². The van der Waals surface area contributed by atoms with Gasteiger partial charge in [0, 0.05) is 25.3 Å². The number of ether oxygens (including phenoxy) is 1. The molecule has 2 atom stereocenters. The van der Waals surface area contributed by atoms with Crippen LogP contribution in [-0.2, 0) is 9.53 Å². The minimum absolute atomic E-state index is 0.0635. The predicted molar refractivity (Wildman–Crippen MR) is 103 cm³/mol. The Balaban J connectivity index is 1.38. The molecule has 0 bridgehead atoms. The van der Waals surface area contributed by atoms with E-state index in [0.717, 1.165) is 24.1 Å². The Morgan fingerprint density at radius 3 is 2.57 bits per heavy atom. The van der Waals surface area contributed by atoms with Crippen LogP contribution in [0.25, 0.3) is 11.3 Å². The maximum atomic E-state index is 12.8. The Bertz CT molecular complexity index is 853. The van der Waals surface area contributed by atoms with Crippen LogP contribution in [0.1, 0.15) is 35.3 Å². The van der Waals surface area contributed by atoms with E-state index in [1.165, 1.54) is 5.56 Å². The average Bonchev–Trinajstić information content (AvgIpc) is 3.38. The Labute approximate surface area is 163 Å². The van der Waals surface area contributed by atoms with Gasteiger partial charge in [-0.2, -0.15) is 5.10 Å². The fourth-order valence-electron chi connectivity index (χ4n) is 4.25. The fraction of sp³-hybridized carbons (Fsp3) is 0.476. The van der Waals surface area contributed by atoms with Gasteiger partial charge in [-0.1, -0.05) is 29.8 Å². The number of carbonyl (C=O) groups is 2. The van der Waals surface area contributed by atoms with Gasteiger partial charge in [0.25, 0.3) is 5.91 Å². The third kappa shape index (κ3) is 3.67. The Hall–Kier alpha value is -2.67. The highest BCUT2D eigenvalue weighted by atomic mass is 16.5. The van der Waals surface area contributed by atoms with Gasteiger partial charge >= 0.3 is 5.97 Å². The van der Waals surface area contributed by atoms with Crippen molar-refractivity contribution >= 4 is 11.9 Å². The topological polar surface area (TPSA) is 95.5 Å². The lowest BCUT2D eigenvalue weighted by Gasteiger charge is -2.35. The third-order valence-electron chi connectivity index (χ3n) is 5.90. The molecule has 148 valence electrons. The number of piperidine rings is 1. The van der Waals surface area contributed by atoms with E-state index >= 15 is 0 Å². The molecule has 2 N–H and O–H groups in total. The molecule has 2 aromatic rings. The number of nitrogens with one attached hydrogen (secondary N) is 1. The maximum Gasteiger partial charge on any atom is 0.309 e. The zero-order valence-electron chi connectivity index (χ0n) is 15.9. The fourth-order valence-corrected chi connectivity index (χ4v) is 4.25. The van der Waals surface area contributed by atoms with E-state index in [1.54, 1.807) is 6.07 Å². The standard InChI is InChI=1S/C21H25N3O4/c1-13-2-4-14(5-3-13)17-12-18(23-22-17)20(25)24-9-6-15(7-10-24)19-16(21(26)27)8-11-28-19/h2-5,12,15-16,19H,6-11H2,1H3,(H,22,23)(H,26,27)/t16?,19-/m0/s1. The number of aliphatic carboxylic acids is 1. The monoisotopic (exact) mass is 383 g/mol. The van der Waals surface area contributed by atoms with Crippen LogP contribution in [0.3, 0.4) is 0 Å². The number of aromatic nitrogens is 2. The van der Waals surface area contributed by atoms with Crippen molar-refractivity contribution in [2.75, 3.05) is 19.7 Å². The molecule has 2 fully saturated rings. The number of carboxylic acids is 1. The summed E-state index contributed by atoms with van der Waals surface area (Å²) in [6.45, 7) is 3.75. The van der Waals surface area contributed by atoms with E-state index in [1.807, 2.05) is 36.1 Å². The normalized spacial score (nSPS) is 23.1. The number of likely N-dealkylation sites (tertiary alicyclic amines) is 1. The van der Waals surface area contributed by atoms with Gasteiger partial charge in [0.15, 0.2) is 0 Å². The number of rotatable bonds is 4. The van der Waals surface area contributed by atoms with Crippen LogP contribution in [0.2, 0.25) is 0 Å². The lowest BCUT2D eigenvalue weighted by Crippen LogP contribution is -2.43. The molecule has 2 aliphatic rings. The maximum absolute atomic E-state index is 12.8. The van der Waals surface area contributed by atoms with Crippen LogP contribution in [0, 0.1) is 18.8 Å². The molecule has 1 amide bonds. The van der Waals surface area contributed by atoms with Crippen molar-refractivity contribution in [3.05, 3.63) is 41.6 Å². The van der Waals surface area contributed by atoms with Gasteiger partial charge in [-0.15, -0.1) is 0 Å². The second-order valence-electron chi connectivity index (χ2n) is 7.73. The summed E-state index contributed by atoms with van der Waals surface area (Å²) >= 11 is 0. The summed E-state index contributed by atoms with van der Waals surface area (Å²) in [4.78, 5) is 26.0. The molecule has 1 aromatic heterocycles. The first-order chi connectivity index (χ1) is 13.5. The largest absolute Gasteiger partial charge is 0.481 e. The minimum atomic E-state index is -0.776. The Kier molecular flexibility index (Phi) is 5.17. The number of carboxylic acid groups (broad SMARTS) is 1. The summed E-state index contributed by atoms with van der Waals surface area (Å²) in [7, 11) is 0. The molecule has 7 heteroatoms. The highest BCUT2D eigenvalue weighted by Gasteiger charge is 2.40. The molecule has 4 rings (SSSR count). The van der Waals surface area contributed by atoms with Crippen molar-refractivity contribution in [3.8, 4) is 11.3 Å². The molecule has 3 heterocycles. The summed E-state index contributed by atoms with van der Waals surface area (Å²) in [5.74, 6) is -1.07. The molecule has 1 aromatic carbocycles. The molecule has 0 radical (unpaired) electrons. The van der Waals surface area contributed by atoms with E-state index < -0.39 is 11.9 Å². The minimum Gasteiger partial charge on any atom is -0.481 e. The highest BCUT2D eigenvalue weighted by Crippen LogP contribution is 2.33. The predicted octanol–water partition coefficient (Wildman–Crippen LogP) is 2.73. The van der Waals surface area contributed by atoms with Crippen molar-refractivity contribution in [1.29, 1.82) is 0 Å². The average molecular weight is 383 g/mol. The summed E-state index contributed by atoms with van der Waals surface area (Å²) in [6.07, 6.45) is 1.88. The highest BCUT2D eigenvalue weighted by molar-refractivity contribution is 5.93. The van der Waals surface area contributed by atoms with E-state index in [4.69, 9.17) is 4.74 Å². The second-order valence-corrected chi connectivity index (χ2v) is 7.73. The number of carbonyl (C=O) groups excluding carboxylic acids is 1. The van der Waals surface area contributed by atoms with Gasteiger partial charge in [0.2, 0.25) is 0 Å². The third-order valence-corrected chi connectivity index (χ3v) is 5.90.